The van der Waals surface area contributed by atoms with Crippen LogP contribution in [0.1, 0.15) is 11.6 Å². The number of rotatable bonds is 5. The second kappa shape index (κ2) is 6.31. The van der Waals surface area contributed by atoms with Gasteiger partial charge in [-0.15, -0.1) is 0 Å². The van der Waals surface area contributed by atoms with Gasteiger partial charge in [-0.3, -0.25) is 10.1 Å². The second-order valence-electron chi connectivity index (χ2n) is 4.88. The average Bonchev–Trinajstić information content (AvgIpc) is 2.49. The zero-order valence-electron chi connectivity index (χ0n) is 12.0. The van der Waals surface area contributed by atoms with Crippen LogP contribution in [0.2, 0.25) is 0 Å². The van der Waals surface area contributed by atoms with Crippen molar-refractivity contribution in [2.75, 3.05) is 18.5 Å². The van der Waals surface area contributed by atoms with Crippen LogP contribution in [0.25, 0.3) is 0 Å². The predicted molar refractivity (Wildman–Crippen MR) is 83.1 cm³/mol. The quantitative estimate of drug-likeness (QED) is 0.576. The Bertz CT molecular complexity index is 673. The molecule has 0 aliphatic carbocycles. The molecule has 0 saturated carbocycles. The van der Waals surface area contributed by atoms with Crippen LogP contribution in [0.5, 0.6) is 11.5 Å². The summed E-state index contributed by atoms with van der Waals surface area (Å²) >= 11 is 0. The summed E-state index contributed by atoms with van der Waals surface area (Å²) in [6, 6.07) is 10.5. The highest BCUT2D eigenvalue weighted by molar-refractivity contribution is 5.53. The van der Waals surface area contributed by atoms with Crippen molar-refractivity contribution in [2.24, 2.45) is 5.73 Å². The number of nitrogens with two attached hydrogens (primary N) is 1. The molecule has 0 amide bonds. The number of nitro groups is 1. The van der Waals surface area contributed by atoms with E-state index < -0.39 is 4.92 Å². The van der Waals surface area contributed by atoms with Crippen LogP contribution in [0, 0.1) is 10.1 Å². The summed E-state index contributed by atoms with van der Waals surface area (Å²) in [4.78, 5) is 12.2. The smallest absolute Gasteiger partial charge is 0.311 e. The molecule has 7 nitrogen and oxygen atoms in total. The third kappa shape index (κ3) is 3.09. The minimum Gasteiger partial charge on any atom is -0.508 e. The van der Waals surface area contributed by atoms with Gasteiger partial charge in [0.2, 0.25) is 0 Å². The fourth-order valence-electron chi connectivity index (χ4n) is 2.28. The first kappa shape index (κ1) is 15.6. The van der Waals surface area contributed by atoms with E-state index in [1.54, 1.807) is 30.3 Å². The lowest BCUT2D eigenvalue weighted by molar-refractivity contribution is -0.385. The fourth-order valence-corrected chi connectivity index (χ4v) is 2.28. The molecule has 1 atom stereocenters. The Balaban J connectivity index is 2.37. The molecule has 0 heterocycles. The number of hydrogen-bond donors (Lipinski definition) is 3. The number of hydrogen-bond acceptors (Lipinski definition) is 6. The van der Waals surface area contributed by atoms with E-state index in [1.165, 1.54) is 12.1 Å². The summed E-state index contributed by atoms with van der Waals surface area (Å²) < 4.78 is 0. The highest BCUT2D eigenvalue weighted by atomic mass is 16.6. The zero-order chi connectivity index (χ0) is 16.3. The number of anilines is 1. The monoisotopic (exact) mass is 303 g/mol. The average molecular weight is 303 g/mol. The van der Waals surface area contributed by atoms with E-state index in [2.05, 4.69) is 0 Å². The summed E-state index contributed by atoms with van der Waals surface area (Å²) in [6.07, 6.45) is 0. The Kier molecular flexibility index (Phi) is 4.47. The molecule has 4 N–H and O–H groups in total. The lowest BCUT2D eigenvalue weighted by Gasteiger charge is -2.29. The van der Waals surface area contributed by atoms with Crippen molar-refractivity contribution in [3.05, 3.63) is 58.1 Å². The van der Waals surface area contributed by atoms with E-state index in [0.717, 1.165) is 5.69 Å². The van der Waals surface area contributed by atoms with Crippen LogP contribution in [0.15, 0.2) is 42.5 Å². The summed E-state index contributed by atoms with van der Waals surface area (Å²) in [7, 11) is 1.81. The predicted octanol–water partition coefficient (Wildman–Crippen LogP) is 2.14. The van der Waals surface area contributed by atoms with Crippen LogP contribution in [-0.4, -0.2) is 28.7 Å². The number of nitro benzene ring substituents is 1. The van der Waals surface area contributed by atoms with Gasteiger partial charge in [0.05, 0.1) is 11.0 Å². The number of phenolic OH excluding ortho intramolecular Hbond substituents is 2. The van der Waals surface area contributed by atoms with Crippen molar-refractivity contribution in [3.8, 4) is 11.5 Å². The van der Waals surface area contributed by atoms with Gasteiger partial charge < -0.3 is 20.8 Å². The molecule has 0 bridgehead atoms. The molecule has 0 spiro atoms. The lowest BCUT2D eigenvalue weighted by Crippen LogP contribution is -2.30. The highest BCUT2D eigenvalue weighted by Gasteiger charge is 2.21. The zero-order valence-corrected chi connectivity index (χ0v) is 12.0. The maximum Gasteiger partial charge on any atom is 0.311 e. The number of aromatic hydroxyl groups is 2. The topological polar surface area (TPSA) is 113 Å². The third-order valence-corrected chi connectivity index (χ3v) is 3.53. The highest BCUT2D eigenvalue weighted by Crippen LogP contribution is 2.32. The first-order valence-corrected chi connectivity index (χ1v) is 6.63. The van der Waals surface area contributed by atoms with E-state index in [-0.39, 0.29) is 29.8 Å². The van der Waals surface area contributed by atoms with Crippen molar-refractivity contribution in [2.45, 2.75) is 6.04 Å². The summed E-state index contributed by atoms with van der Waals surface area (Å²) in [5.41, 5.74) is 6.90. The normalized spacial score (nSPS) is 11.9. The Hall–Kier alpha value is -2.80. The number of nitrogens with zero attached hydrogens (tertiary/aromatic N) is 2. The molecule has 2 rings (SSSR count). The molecule has 0 saturated heterocycles. The van der Waals surface area contributed by atoms with Crippen LogP contribution in [0.4, 0.5) is 11.4 Å². The molecule has 7 heteroatoms. The molecular weight excluding hydrogens is 286 g/mol. The van der Waals surface area contributed by atoms with Crippen LogP contribution >= 0.6 is 0 Å². The molecular formula is C15H17N3O4. The lowest BCUT2D eigenvalue weighted by atomic mass is 10.0. The van der Waals surface area contributed by atoms with E-state index >= 15 is 0 Å². The van der Waals surface area contributed by atoms with Gasteiger partial charge in [-0.05, 0) is 35.9 Å². The Morgan fingerprint density at radius 2 is 1.86 bits per heavy atom. The molecule has 0 aliphatic rings. The number of likely N-dealkylation sites (N-methyl/N-ethyl adjacent to an activating group) is 1. The fraction of sp³-hybridized carbons (Fsp3) is 0.200. The molecule has 0 aliphatic heterocycles. The molecule has 2 aromatic rings. The Morgan fingerprint density at radius 1 is 1.23 bits per heavy atom. The standard InChI is InChI=1S/C15H17N3O4/c1-17(11-3-5-12(19)6-4-11)14(9-16)10-2-7-15(20)13(8-10)18(21)22/h2-8,14,19-20H,9,16H2,1H3. The van der Waals surface area contributed by atoms with Gasteiger partial charge in [-0.25, -0.2) is 0 Å². The molecule has 0 aromatic heterocycles. The van der Waals surface area contributed by atoms with Gasteiger partial charge in [0, 0.05) is 25.3 Å². The second-order valence-corrected chi connectivity index (χ2v) is 4.88. The molecule has 0 radical (unpaired) electrons. The number of phenols is 2. The summed E-state index contributed by atoms with van der Waals surface area (Å²) in [6.45, 7) is 0.235. The van der Waals surface area contributed by atoms with Gasteiger partial charge in [-0.2, -0.15) is 0 Å². The van der Waals surface area contributed by atoms with Gasteiger partial charge >= 0.3 is 5.69 Å². The van der Waals surface area contributed by atoms with Crippen molar-refractivity contribution < 1.29 is 15.1 Å². The molecule has 22 heavy (non-hydrogen) atoms. The first-order chi connectivity index (χ1) is 10.4. The first-order valence-electron chi connectivity index (χ1n) is 6.63. The van der Waals surface area contributed by atoms with Crippen LogP contribution in [-0.2, 0) is 0 Å². The SMILES string of the molecule is CN(c1ccc(O)cc1)C(CN)c1ccc(O)c([N+](=O)[O-])c1. The summed E-state index contributed by atoms with van der Waals surface area (Å²) in [5.74, 6) is -0.224. The third-order valence-electron chi connectivity index (χ3n) is 3.53. The number of benzene rings is 2. The minimum atomic E-state index is -0.632. The van der Waals surface area contributed by atoms with Crippen molar-refractivity contribution >= 4 is 11.4 Å². The molecule has 2 aromatic carbocycles. The largest absolute Gasteiger partial charge is 0.508 e. The molecule has 0 fully saturated rings. The van der Waals surface area contributed by atoms with Crippen LogP contribution in [0.3, 0.4) is 0 Å². The Labute approximate surface area is 127 Å². The van der Waals surface area contributed by atoms with Crippen LogP contribution < -0.4 is 10.6 Å². The van der Waals surface area contributed by atoms with Gasteiger partial charge in [0.1, 0.15) is 5.75 Å². The minimum absolute atomic E-state index is 0.154. The van der Waals surface area contributed by atoms with E-state index in [4.69, 9.17) is 5.73 Å². The maximum absolute atomic E-state index is 10.9. The van der Waals surface area contributed by atoms with Gasteiger partial charge in [0.15, 0.2) is 5.75 Å². The molecule has 116 valence electrons. The summed E-state index contributed by atoms with van der Waals surface area (Å²) in [5, 5.41) is 29.8. The van der Waals surface area contributed by atoms with Crippen molar-refractivity contribution in [1.82, 2.24) is 0 Å². The van der Waals surface area contributed by atoms with Gasteiger partial charge in [-0.1, -0.05) is 6.07 Å². The molecule has 1 unspecified atom stereocenters. The van der Waals surface area contributed by atoms with Gasteiger partial charge in [0.25, 0.3) is 0 Å². The van der Waals surface area contributed by atoms with Crippen molar-refractivity contribution in [3.63, 3.8) is 0 Å². The van der Waals surface area contributed by atoms with E-state index in [1.807, 2.05) is 11.9 Å². The van der Waals surface area contributed by atoms with Crippen molar-refractivity contribution in [1.29, 1.82) is 0 Å². The van der Waals surface area contributed by atoms with E-state index in [0.29, 0.717) is 5.56 Å². The van der Waals surface area contributed by atoms with E-state index in [9.17, 15) is 20.3 Å². The Morgan fingerprint density at radius 3 is 2.41 bits per heavy atom. The maximum atomic E-state index is 10.9.